The first-order chi connectivity index (χ1) is 13.1. The van der Waals surface area contributed by atoms with E-state index in [4.69, 9.17) is 23.7 Å². The molecular formula is C20H19NO6. The molecule has 7 nitrogen and oxygen atoms in total. The fraction of sp³-hybridized carbons (Fsp3) is 0.200. The van der Waals surface area contributed by atoms with Crippen molar-refractivity contribution in [3.05, 3.63) is 53.2 Å². The molecule has 7 heteroatoms. The molecule has 0 N–H and O–H groups in total. The van der Waals surface area contributed by atoms with Gasteiger partial charge in [0.05, 0.1) is 28.4 Å². The van der Waals surface area contributed by atoms with Crippen molar-refractivity contribution >= 4 is 17.9 Å². The number of para-hydroxylation sites is 1. The van der Waals surface area contributed by atoms with Crippen LogP contribution in [-0.2, 0) is 9.53 Å². The van der Waals surface area contributed by atoms with Crippen molar-refractivity contribution < 1.29 is 28.5 Å². The number of benzene rings is 2. The van der Waals surface area contributed by atoms with Crippen LogP contribution in [0.5, 0.6) is 23.0 Å². The number of cyclic esters (lactones) is 1. The van der Waals surface area contributed by atoms with Gasteiger partial charge in [-0.2, -0.15) is 0 Å². The molecule has 0 spiro atoms. The first-order valence-corrected chi connectivity index (χ1v) is 8.06. The van der Waals surface area contributed by atoms with E-state index in [2.05, 4.69) is 4.99 Å². The van der Waals surface area contributed by atoms with Crippen molar-refractivity contribution in [1.29, 1.82) is 0 Å². The van der Waals surface area contributed by atoms with E-state index in [1.165, 1.54) is 7.11 Å². The minimum absolute atomic E-state index is 0.151. The smallest absolute Gasteiger partial charge is 0.363 e. The van der Waals surface area contributed by atoms with Crippen LogP contribution in [0.4, 0.5) is 0 Å². The minimum Gasteiger partial charge on any atom is -0.497 e. The average molecular weight is 369 g/mol. The second kappa shape index (κ2) is 7.82. The van der Waals surface area contributed by atoms with Crippen LogP contribution >= 0.6 is 0 Å². The van der Waals surface area contributed by atoms with Gasteiger partial charge in [-0.15, -0.1) is 0 Å². The maximum absolute atomic E-state index is 12.3. The first-order valence-electron chi connectivity index (χ1n) is 8.06. The van der Waals surface area contributed by atoms with Gasteiger partial charge in [-0.05, 0) is 24.3 Å². The first kappa shape index (κ1) is 18.3. The Bertz CT molecular complexity index is 910. The zero-order valence-corrected chi connectivity index (χ0v) is 15.4. The SMILES string of the molecule is COc1cc(OC)cc(C2=N/C(=C/c3cccc(OC)c3OC)C(=O)O2)c1. The number of ether oxygens (including phenoxy) is 5. The van der Waals surface area contributed by atoms with Crippen molar-refractivity contribution in [3.8, 4) is 23.0 Å². The zero-order valence-electron chi connectivity index (χ0n) is 15.4. The number of esters is 1. The highest BCUT2D eigenvalue weighted by Crippen LogP contribution is 2.33. The number of carbonyl (C=O) groups is 1. The topological polar surface area (TPSA) is 75.6 Å². The standard InChI is InChI=1S/C20H19NO6/c1-23-14-8-13(9-15(11-14)24-2)19-21-16(20(22)27-19)10-12-6-5-7-17(25-3)18(12)26-4/h5-11H,1-4H3/b16-10+. The molecule has 1 aliphatic rings. The fourth-order valence-electron chi connectivity index (χ4n) is 2.64. The maximum Gasteiger partial charge on any atom is 0.363 e. The van der Waals surface area contributed by atoms with E-state index in [1.54, 1.807) is 63.8 Å². The van der Waals surface area contributed by atoms with Gasteiger partial charge in [0.25, 0.3) is 0 Å². The third kappa shape index (κ3) is 3.72. The summed E-state index contributed by atoms with van der Waals surface area (Å²) in [5, 5.41) is 0. The summed E-state index contributed by atoms with van der Waals surface area (Å²) in [7, 11) is 6.16. The van der Waals surface area contributed by atoms with Gasteiger partial charge in [0.1, 0.15) is 11.5 Å². The molecular weight excluding hydrogens is 350 g/mol. The second-order valence-electron chi connectivity index (χ2n) is 5.52. The van der Waals surface area contributed by atoms with E-state index < -0.39 is 5.97 Å². The molecule has 2 aromatic carbocycles. The Hall–Kier alpha value is -3.48. The van der Waals surface area contributed by atoms with Gasteiger partial charge in [0, 0.05) is 17.2 Å². The van der Waals surface area contributed by atoms with Crippen LogP contribution in [0, 0.1) is 0 Å². The van der Waals surface area contributed by atoms with Crippen LogP contribution < -0.4 is 18.9 Å². The van der Waals surface area contributed by atoms with Crippen molar-refractivity contribution in [1.82, 2.24) is 0 Å². The highest BCUT2D eigenvalue weighted by molar-refractivity contribution is 6.13. The number of hydrogen-bond acceptors (Lipinski definition) is 7. The number of aliphatic imine (C=N–C) groups is 1. The fourth-order valence-corrected chi connectivity index (χ4v) is 2.64. The minimum atomic E-state index is -0.559. The van der Waals surface area contributed by atoms with Crippen LogP contribution in [0.3, 0.4) is 0 Å². The molecule has 3 rings (SSSR count). The molecule has 0 amide bonds. The Balaban J connectivity index is 2.02. The number of rotatable bonds is 6. The largest absolute Gasteiger partial charge is 0.497 e. The quantitative estimate of drug-likeness (QED) is 0.575. The number of nitrogens with zero attached hydrogens (tertiary/aromatic N) is 1. The predicted molar refractivity (Wildman–Crippen MR) is 99.7 cm³/mol. The van der Waals surface area contributed by atoms with Gasteiger partial charge >= 0.3 is 5.97 Å². The molecule has 1 aliphatic heterocycles. The lowest BCUT2D eigenvalue weighted by molar-refractivity contribution is -0.129. The van der Waals surface area contributed by atoms with Gasteiger partial charge in [-0.25, -0.2) is 9.79 Å². The van der Waals surface area contributed by atoms with E-state index in [-0.39, 0.29) is 11.6 Å². The normalized spacial score (nSPS) is 14.6. The number of carbonyl (C=O) groups excluding carboxylic acids is 1. The molecule has 0 unspecified atom stereocenters. The van der Waals surface area contributed by atoms with Crippen LogP contribution in [-0.4, -0.2) is 40.3 Å². The molecule has 0 saturated carbocycles. The van der Waals surface area contributed by atoms with Crippen LogP contribution in [0.1, 0.15) is 11.1 Å². The lowest BCUT2D eigenvalue weighted by Gasteiger charge is -2.09. The third-order valence-corrected chi connectivity index (χ3v) is 3.94. The van der Waals surface area contributed by atoms with E-state index in [1.807, 2.05) is 0 Å². The molecule has 0 bridgehead atoms. The monoisotopic (exact) mass is 369 g/mol. The van der Waals surface area contributed by atoms with Crippen molar-refractivity contribution in [3.63, 3.8) is 0 Å². The molecule has 0 aliphatic carbocycles. The molecule has 0 saturated heterocycles. The Kier molecular flexibility index (Phi) is 5.30. The Morgan fingerprint density at radius 3 is 2.22 bits per heavy atom. The summed E-state index contributed by atoms with van der Waals surface area (Å²) in [6, 6.07) is 10.5. The van der Waals surface area contributed by atoms with E-state index in [0.29, 0.717) is 34.1 Å². The zero-order chi connectivity index (χ0) is 19.4. The van der Waals surface area contributed by atoms with Gasteiger partial charge in [0.2, 0.25) is 5.90 Å². The molecule has 0 atom stereocenters. The summed E-state index contributed by atoms with van der Waals surface area (Å²) < 4.78 is 26.5. The highest BCUT2D eigenvalue weighted by atomic mass is 16.6. The Morgan fingerprint density at radius 1 is 0.926 bits per heavy atom. The predicted octanol–water partition coefficient (Wildman–Crippen LogP) is 3.07. The summed E-state index contributed by atoms with van der Waals surface area (Å²) in [6.07, 6.45) is 1.59. The van der Waals surface area contributed by atoms with Crippen LogP contribution in [0.15, 0.2) is 47.1 Å². The highest BCUT2D eigenvalue weighted by Gasteiger charge is 2.25. The average Bonchev–Trinajstić information content (AvgIpc) is 3.07. The summed E-state index contributed by atoms with van der Waals surface area (Å²) in [6.45, 7) is 0. The lowest BCUT2D eigenvalue weighted by atomic mass is 10.1. The van der Waals surface area contributed by atoms with E-state index in [9.17, 15) is 4.79 Å². The van der Waals surface area contributed by atoms with E-state index in [0.717, 1.165) is 0 Å². The van der Waals surface area contributed by atoms with E-state index >= 15 is 0 Å². The van der Waals surface area contributed by atoms with Crippen molar-refractivity contribution in [2.24, 2.45) is 4.99 Å². The van der Waals surface area contributed by atoms with Crippen molar-refractivity contribution in [2.75, 3.05) is 28.4 Å². The van der Waals surface area contributed by atoms with Gasteiger partial charge in [-0.3, -0.25) is 0 Å². The van der Waals surface area contributed by atoms with Crippen molar-refractivity contribution in [2.45, 2.75) is 0 Å². The Morgan fingerprint density at radius 2 is 1.63 bits per heavy atom. The molecule has 0 aromatic heterocycles. The van der Waals surface area contributed by atoms with Gasteiger partial charge in [-0.1, -0.05) is 12.1 Å². The molecule has 0 fully saturated rings. The molecule has 2 aromatic rings. The third-order valence-electron chi connectivity index (χ3n) is 3.94. The van der Waals surface area contributed by atoms with Gasteiger partial charge < -0.3 is 23.7 Å². The summed E-state index contributed by atoms with van der Waals surface area (Å²) in [4.78, 5) is 16.6. The molecule has 27 heavy (non-hydrogen) atoms. The molecule has 0 radical (unpaired) electrons. The lowest BCUT2D eigenvalue weighted by Crippen LogP contribution is -2.06. The summed E-state index contributed by atoms with van der Waals surface area (Å²) in [5.41, 5.74) is 1.37. The summed E-state index contributed by atoms with van der Waals surface area (Å²) >= 11 is 0. The number of hydrogen-bond donors (Lipinski definition) is 0. The van der Waals surface area contributed by atoms with Crippen LogP contribution in [0.2, 0.25) is 0 Å². The van der Waals surface area contributed by atoms with Crippen LogP contribution in [0.25, 0.3) is 6.08 Å². The maximum atomic E-state index is 12.3. The second-order valence-corrected chi connectivity index (χ2v) is 5.52. The molecule has 140 valence electrons. The Labute approximate surface area is 156 Å². The molecule has 1 heterocycles. The van der Waals surface area contributed by atoms with Gasteiger partial charge in [0.15, 0.2) is 17.2 Å². The number of methoxy groups -OCH3 is 4. The summed E-state index contributed by atoms with van der Waals surface area (Å²) in [5.74, 6) is 1.80.